The SMILES string of the molecule is CCn1cc(C(=O)O)c(=O)c2cc(F)c(C(C)(C)CC)c(C)c21. The van der Waals surface area contributed by atoms with E-state index in [-0.39, 0.29) is 16.4 Å². The lowest BCUT2D eigenvalue weighted by atomic mass is 9.78. The van der Waals surface area contributed by atoms with Gasteiger partial charge in [-0.05, 0) is 42.9 Å². The summed E-state index contributed by atoms with van der Waals surface area (Å²) in [5, 5.41) is 9.32. The maximum absolute atomic E-state index is 14.7. The van der Waals surface area contributed by atoms with Crippen LogP contribution in [0.1, 0.15) is 55.6 Å². The smallest absolute Gasteiger partial charge is 0.341 e. The number of aromatic carboxylic acids is 1. The second-order valence-corrected chi connectivity index (χ2v) is 6.46. The van der Waals surface area contributed by atoms with Crippen molar-refractivity contribution in [3.63, 3.8) is 0 Å². The Morgan fingerprint density at radius 1 is 1.35 bits per heavy atom. The van der Waals surface area contributed by atoms with E-state index in [0.717, 1.165) is 6.42 Å². The molecule has 2 aromatic rings. The summed E-state index contributed by atoms with van der Waals surface area (Å²) in [6, 6.07) is 1.19. The molecule has 4 nitrogen and oxygen atoms in total. The number of carboxylic acids is 1. The topological polar surface area (TPSA) is 59.3 Å². The van der Waals surface area contributed by atoms with Crippen LogP contribution in [0.5, 0.6) is 0 Å². The van der Waals surface area contributed by atoms with E-state index in [4.69, 9.17) is 0 Å². The van der Waals surface area contributed by atoms with Crippen molar-refractivity contribution >= 4 is 16.9 Å². The molecule has 0 aliphatic rings. The first-order chi connectivity index (χ1) is 10.7. The minimum absolute atomic E-state index is 0.123. The van der Waals surface area contributed by atoms with Crippen molar-refractivity contribution in [3.05, 3.63) is 45.0 Å². The van der Waals surface area contributed by atoms with Gasteiger partial charge in [-0.15, -0.1) is 0 Å². The highest BCUT2D eigenvalue weighted by atomic mass is 19.1. The van der Waals surface area contributed by atoms with Crippen LogP contribution in [0.3, 0.4) is 0 Å². The second-order valence-electron chi connectivity index (χ2n) is 6.46. The number of carbonyl (C=O) groups is 1. The van der Waals surface area contributed by atoms with E-state index in [1.807, 2.05) is 27.7 Å². The number of rotatable bonds is 4. The number of aryl methyl sites for hydroxylation is 2. The van der Waals surface area contributed by atoms with Crippen molar-refractivity contribution in [1.29, 1.82) is 0 Å². The van der Waals surface area contributed by atoms with Crippen molar-refractivity contribution in [2.24, 2.45) is 0 Å². The van der Waals surface area contributed by atoms with Gasteiger partial charge in [0, 0.05) is 18.1 Å². The van der Waals surface area contributed by atoms with Gasteiger partial charge in [-0.1, -0.05) is 20.8 Å². The molecule has 0 aliphatic carbocycles. The van der Waals surface area contributed by atoms with Crippen LogP contribution in [0.15, 0.2) is 17.1 Å². The highest BCUT2D eigenvalue weighted by Crippen LogP contribution is 2.35. The van der Waals surface area contributed by atoms with Crippen LogP contribution in [-0.2, 0) is 12.0 Å². The van der Waals surface area contributed by atoms with E-state index in [1.54, 1.807) is 11.5 Å². The predicted octanol–water partition coefficient (Wildman–Crippen LogP) is 3.85. The van der Waals surface area contributed by atoms with E-state index in [9.17, 15) is 19.1 Å². The number of aromatic nitrogens is 1. The fourth-order valence-corrected chi connectivity index (χ4v) is 3.14. The lowest BCUT2D eigenvalue weighted by Crippen LogP contribution is -2.23. The molecule has 1 N–H and O–H groups in total. The molecule has 0 spiro atoms. The van der Waals surface area contributed by atoms with Gasteiger partial charge in [0.1, 0.15) is 11.4 Å². The molecule has 0 amide bonds. The Hall–Kier alpha value is -2.17. The third-order valence-electron chi connectivity index (χ3n) is 4.69. The minimum atomic E-state index is -1.30. The van der Waals surface area contributed by atoms with Gasteiger partial charge in [-0.2, -0.15) is 0 Å². The molecular weight excluding hydrogens is 297 g/mol. The molecule has 0 fully saturated rings. The summed E-state index contributed by atoms with van der Waals surface area (Å²) in [6.45, 7) is 10.1. The van der Waals surface area contributed by atoms with E-state index in [2.05, 4.69) is 0 Å². The van der Waals surface area contributed by atoms with Crippen LogP contribution in [0, 0.1) is 12.7 Å². The number of pyridine rings is 1. The van der Waals surface area contributed by atoms with Crippen molar-refractivity contribution in [2.45, 2.75) is 53.0 Å². The normalized spacial score (nSPS) is 11.9. The van der Waals surface area contributed by atoms with Crippen molar-refractivity contribution in [3.8, 4) is 0 Å². The maximum atomic E-state index is 14.7. The summed E-state index contributed by atoms with van der Waals surface area (Å²) >= 11 is 0. The maximum Gasteiger partial charge on any atom is 0.341 e. The minimum Gasteiger partial charge on any atom is -0.477 e. The van der Waals surface area contributed by atoms with Crippen molar-refractivity contribution in [2.75, 3.05) is 0 Å². The van der Waals surface area contributed by atoms with Crippen molar-refractivity contribution < 1.29 is 14.3 Å². The molecule has 1 heterocycles. The van der Waals surface area contributed by atoms with E-state index < -0.39 is 17.2 Å². The molecule has 0 saturated heterocycles. The van der Waals surface area contributed by atoms with E-state index >= 15 is 0 Å². The Kier molecular flexibility index (Phi) is 4.33. The molecule has 0 bridgehead atoms. The van der Waals surface area contributed by atoms with Crippen LogP contribution < -0.4 is 5.43 Å². The lowest BCUT2D eigenvalue weighted by Gasteiger charge is -2.27. The molecule has 0 saturated carbocycles. The molecule has 0 radical (unpaired) electrons. The van der Waals surface area contributed by atoms with Gasteiger partial charge in [0.05, 0.1) is 5.52 Å². The van der Waals surface area contributed by atoms with Gasteiger partial charge in [-0.3, -0.25) is 4.79 Å². The Bertz CT molecular complexity index is 850. The first kappa shape index (κ1) is 17.2. The zero-order valence-corrected chi connectivity index (χ0v) is 14.2. The van der Waals surface area contributed by atoms with Crippen molar-refractivity contribution in [1.82, 2.24) is 4.57 Å². The van der Waals surface area contributed by atoms with Crippen LogP contribution in [0.2, 0.25) is 0 Å². The van der Waals surface area contributed by atoms with E-state index in [0.29, 0.717) is 23.2 Å². The average Bonchev–Trinajstić information content (AvgIpc) is 2.47. The Labute approximate surface area is 134 Å². The molecule has 5 heteroatoms. The largest absolute Gasteiger partial charge is 0.477 e. The van der Waals surface area contributed by atoms with Gasteiger partial charge in [0.15, 0.2) is 0 Å². The van der Waals surface area contributed by atoms with Gasteiger partial charge in [0.2, 0.25) is 5.43 Å². The van der Waals surface area contributed by atoms with Crippen LogP contribution >= 0.6 is 0 Å². The van der Waals surface area contributed by atoms with Gasteiger partial charge >= 0.3 is 5.97 Å². The summed E-state index contributed by atoms with van der Waals surface area (Å²) in [6.07, 6.45) is 2.10. The fourth-order valence-electron chi connectivity index (χ4n) is 3.14. The molecule has 1 aromatic carbocycles. The summed E-state index contributed by atoms with van der Waals surface area (Å²) in [5.41, 5.74) is 0.545. The Morgan fingerprint density at radius 2 is 1.96 bits per heavy atom. The average molecular weight is 319 g/mol. The number of hydrogen-bond donors (Lipinski definition) is 1. The Morgan fingerprint density at radius 3 is 2.43 bits per heavy atom. The van der Waals surface area contributed by atoms with Crippen LogP contribution in [0.25, 0.3) is 10.9 Å². The third-order valence-corrected chi connectivity index (χ3v) is 4.69. The zero-order valence-electron chi connectivity index (χ0n) is 14.2. The quantitative estimate of drug-likeness (QED) is 0.931. The summed E-state index contributed by atoms with van der Waals surface area (Å²) in [4.78, 5) is 23.7. The molecule has 0 unspecified atom stereocenters. The zero-order chi connectivity index (χ0) is 17.5. The molecule has 2 rings (SSSR count). The summed E-state index contributed by atoms with van der Waals surface area (Å²) in [5.74, 6) is -1.75. The number of halogens is 1. The lowest BCUT2D eigenvalue weighted by molar-refractivity contribution is 0.0695. The first-order valence-electron chi connectivity index (χ1n) is 7.75. The summed E-state index contributed by atoms with van der Waals surface area (Å²) < 4.78 is 16.4. The van der Waals surface area contributed by atoms with Gasteiger partial charge in [0.25, 0.3) is 0 Å². The Balaban J connectivity index is 3.04. The second kappa shape index (κ2) is 5.80. The number of nitrogens with zero attached hydrogens (tertiary/aromatic N) is 1. The van der Waals surface area contributed by atoms with Crippen LogP contribution in [-0.4, -0.2) is 15.6 Å². The summed E-state index contributed by atoms with van der Waals surface area (Å²) in [7, 11) is 0. The standard InChI is InChI=1S/C18H22FNO3/c1-6-18(4,5)14-10(3)15-11(8-13(14)19)16(21)12(17(22)23)9-20(15)7-2/h8-9H,6-7H2,1-5H3,(H,22,23). The molecular formula is C18H22FNO3. The number of benzene rings is 1. The fraction of sp³-hybridized carbons (Fsp3) is 0.444. The first-order valence-corrected chi connectivity index (χ1v) is 7.75. The third kappa shape index (κ3) is 2.64. The highest BCUT2D eigenvalue weighted by molar-refractivity contribution is 5.93. The van der Waals surface area contributed by atoms with E-state index in [1.165, 1.54) is 12.3 Å². The predicted molar refractivity (Wildman–Crippen MR) is 88.9 cm³/mol. The van der Waals surface area contributed by atoms with Gasteiger partial charge in [-0.25, -0.2) is 9.18 Å². The van der Waals surface area contributed by atoms with Crippen LogP contribution in [0.4, 0.5) is 4.39 Å². The molecule has 124 valence electrons. The molecule has 1 aromatic heterocycles. The monoisotopic (exact) mass is 319 g/mol. The van der Waals surface area contributed by atoms with Gasteiger partial charge < -0.3 is 9.67 Å². The molecule has 23 heavy (non-hydrogen) atoms. The number of fused-ring (bicyclic) bond motifs is 1. The molecule has 0 atom stereocenters. The highest BCUT2D eigenvalue weighted by Gasteiger charge is 2.27. The number of hydrogen-bond acceptors (Lipinski definition) is 2. The number of carboxylic acid groups (broad SMARTS) is 1. The molecule has 0 aliphatic heterocycles.